The Balaban J connectivity index is 1.40. The second-order valence-electron chi connectivity index (χ2n) is 13.6. The third-order valence-electron chi connectivity index (χ3n) is 12.8. The number of nitrogens with zero attached hydrogens (tertiary/aromatic N) is 1. The third-order valence-corrected chi connectivity index (χ3v) is 12.8. The quantitative estimate of drug-likeness (QED) is 0.349. The number of aliphatic hydroxyl groups is 4. The normalized spacial score (nSPS) is 51.0. The van der Waals surface area contributed by atoms with Crippen LogP contribution in [0.15, 0.2) is 24.3 Å². The zero-order valence-electron chi connectivity index (χ0n) is 24.3. The SMILES string of the molecule is CCN1C[C@]2(CO)CC[C@H](OC)[C@@]34[C@@H]5C[C@@]6(O)[C@@H](OC)C[C@@](O)([C@H]5[C@H]6OC(=O)c5ccc(OC)cc5)[C@@H](C[C@]23O)[C@@H]14. The fraction of sp³-hybridized carbons (Fsp3) is 0.774. The van der Waals surface area contributed by atoms with Gasteiger partial charge in [0.1, 0.15) is 17.5 Å². The van der Waals surface area contributed by atoms with E-state index < -0.39 is 57.6 Å². The number of hydrogen-bond donors (Lipinski definition) is 4. The summed E-state index contributed by atoms with van der Waals surface area (Å²) in [5.41, 5.74) is -5.62. The number of fused-ring (bicyclic) bond motifs is 2. The predicted molar refractivity (Wildman–Crippen MR) is 145 cm³/mol. The van der Waals surface area contributed by atoms with E-state index in [0.717, 1.165) is 0 Å². The number of aliphatic hydroxyl groups excluding tert-OH is 1. The van der Waals surface area contributed by atoms with E-state index in [0.29, 0.717) is 43.7 Å². The lowest BCUT2D eigenvalue weighted by atomic mass is 9.41. The summed E-state index contributed by atoms with van der Waals surface area (Å²) in [7, 11) is 4.74. The van der Waals surface area contributed by atoms with E-state index in [1.807, 2.05) is 0 Å². The molecule has 1 aromatic rings. The molecule has 4 N–H and O–H groups in total. The molecular formula is C31H43NO9. The van der Waals surface area contributed by atoms with E-state index in [-0.39, 0.29) is 37.5 Å². The Bertz CT molecular complexity index is 1230. The second-order valence-corrected chi connectivity index (χ2v) is 13.6. The number of piperidine rings is 1. The Morgan fingerprint density at radius 2 is 1.68 bits per heavy atom. The number of hydrogen-bond acceptors (Lipinski definition) is 10. The average molecular weight is 574 g/mol. The lowest BCUT2D eigenvalue weighted by molar-refractivity contribution is -0.324. The standard InChI is InChI=1S/C31H43NO9/c1-5-32-15-27(16-33)11-10-21(39-3)31-19-12-29(36)22(40-4)14-28(35,20(24(31)32)13-30(27,31)37)23(19)25(29)41-26(34)17-6-8-18(38-2)9-7-17/h6-9,19-25,33,35-37H,5,10-16H2,1-4H3/t19-,20+,21+,22+,23-,24-,25-,27+,28+,29-,30+,31-/m1/s1. The summed E-state index contributed by atoms with van der Waals surface area (Å²) in [4.78, 5) is 15.9. The molecule has 6 fully saturated rings. The lowest BCUT2D eigenvalue weighted by Crippen LogP contribution is -2.81. The molecule has 0 unspecified atom stereocenters. The zero-order chi connectivity index (χ0) is 29.2. The average Bonchev–Trinajstić information content (AvgIpc) is 3.34. The molecular weight excluding hydrogens is 530 g/mol. The van der Waals surface area contributed by atoms with Crippen LogP contribution in [0.3, 0.4) is 0 Å². The number of methoxy groups -OCH3 is 3. The third kappa shape index (κ3) is 3.00. The van der Waals surface area contributed by atoms with Gasteiger partial charge in [0.05, 0.1) is 42.7 Å². The summed E-state index contributed by atoms with van der Waals surface area (Å²) in [6.07, 6.45) is -0.243. The molecule has 5 aliphatic carbocycles. The maximum atomic E-state index is 13.5. The first-order valence-corrected chi connectivity index (χ1v) is 15.0. The molecule has 10 nitrogen and oxygen atoms in total. The second kappa shape index (κ2) is 8.87. The highest BCUT2D eigenvalue weighted by atomic mass is 16.6. The molecule has 1 spiro atoms. The monoisotopic (exact) mass is 573 g/mol. The molecule has 1 aromatic carbocycles. The molecule has 1 saturated heterocycles. The van der Waals surface area contributed by atoms with Gasteiger partial charge in [0.2, 0.25) is 0 Å². The topological polar surface area (TPSA) is 138 Å². The van der Waals surface area contributed by atoms with Crippen LogP contribution in [0.5, 0.6) is 5.75 Å². The summed E-state index contributed by atoms with van der Waals surface area (Å²) in [6, 6.07) is 6.37. The van der Waals surface area contributed by atoms with Gasteiger partial charge in [0.15, 0.2) is 0 Å². The van der Waals surface area contributed by atoms with Crippen molar-refractivity contribution in [2.75, 3.05) is 41.0 Å². The van der Waals surface area contributed by atoms with Crippen molar-refractivity contribution in [2.45, 2.75) is 80.2 Å². The van der Waals surface area contributed by atoms with Crippen molar-refractivity contribution in [2.24, 2.45) is 28.6 Å². The zero-order valence-corrected chi connectivity index (χ0v) is 24.3. The maximum Gasteiger partial charge on any atom is 0.338 e. The number of rotatable bonds is 7. The van der Waals surface area contributed by atoms with Crippen LogP contribution >= 0.6 is 0 Å². The molecule has 6 aliphatic rings. The summed E-state index contributed by atoms with van der Waals surface area (Å²) in [5.74, 6) is -1.46. The van der Waals surface area contributed by atoms with E-state index in [1.54, 1.807) is 38.5 Å². The first kappa shape index (κ1) is 28.0. The Kier molecular flexibility index (Phi) is 6.06. The van der Waals surface area contributed by atoms with Crippen LogP contribution < -0.4 is 4.74 Å². The summed E-state index contributed by atoms with van der Waals surface area (Å²) >= 11 is 0. The molecule has 226 valence electrons. The molecule has 41 heavy (non-hydrogen) atoms. The van der Waals surface area contributed by atoms with Crippen LogP contribution in [0.2, 0.25) is 0 Å². The number of benzene rings is 1. The lowest BCUT2D eigenvalue weighted by Gasteiger charge is -2.71. The molecule has 1 heterocycles. The van der Waals surface area contributed by atoms with E-state index in [2.05, 4.69) is 11.8 Å². The Hall–Kier alpha value is -1.79. The Morgan fingerprint density at radius 1 is 0.976 bits per heavy atom. The van der Waals surface area contributed by atoms with Crippen molar-refractivity contribution in [3.63, 3.8) is 0 Å². The molecule has 10 heteroatoms. The van der Waals surface area contributed by atoms with Gasteiger partial charge in [-0.3, -0.25) is 4.90 Å². The van der Waals surface area contributed by atoms with Crippen LogP contribution in [0.4, 0.5) is 0 Å². The van der Waals surface area contributed by atoms with Gasteiger partial charge in [-0.2, -0.15) is 0 Å². The smallest absolute Gasteiger partial charge is 0.338 e. The van der Waals surface area contributed by atoms with E-state index in [1.165, 1.54) is 7.11 Å². The van der Waals surface area contributed by atoms with Crippen LogP contribution in [0.25, 0.3) is 0 Å². The fourth-order valence-corrected chi connectivity index (χ4v) is 11.4. The highest BCUT2D eigenvalue weighted by Crippen LogP contribution is 2.80. The van der Waals surface area contributed by atoms with Crippen molar-refractivity contribution in [3.8, 4) is 5.75 Å². The van der Waals surface area contributed by atoms with Crippen LogP contribution in [0.1, 0.15) is 49.4 Å². The minimum atomic E-state index is -1.57. The Labute approximate surface area is 240 Å². The predicted octanol–water partition coefficient (Wildman–Crippen LogP) is 0.980. The highest BCUT2D eigenvalue weighted by molar-refractivity contribution is 5.89. The molecule has 1 aliphatic heterocycles. The van der Waals surface area contributed by atoms with Gasteiger partial charge in [-0.25, -0.2) is 4.79 Å². The molecule has 0 radical (unpaired) electrons. The van der Waals surface area contributed by atoms with Crippen LogP contribution in [-0.4, -0.2) is 113 Å². The van der Waals surface area contributed by atoms with Crippen molar-refractivity contribution in [1.29, 1.82) is 0 Å². The summed E-state index contributed by atoms with van der Waals surface area (Å²) < 4.78 is 23.5. The molecule has 7 bridgehead atoms. The van der Waals surface area contributed by atoms with Crippen LogP contribution in [0, 0.1) is 28.6 Å². The molecule has 0 amide bonds. The minimum Gasteiger partial charge on any atom is -0.497 e. The van der Waals surface area contributed by atoms with Crippen LogP contribution in [-0.2, 0) is 14.2 Å². The van der Waals surface area contributed by atoms with Crippen molar-refractivity contribution >= 4 is 5.97 Å². The molecule has 7 rings (SSSR count). The summed E-state index contributed by atoms with van der Waals surface area (Å²) in [5, 5.41) is 49.3. The van der Waals surface area contributed by atoms with Gasteiger partial charge in [0.25, 0.3) is 0 Å². The number of ether oxygens (including phenoxy) is 4. The summed E-state index contributed by atoms with van der Waals surface area (Å²) in [6.45, 7) is 3.14. The van der Waals surface area contributed by atoms with Crippen molar-refractivity contribution < 1.29 is 44.2 Å². The minimum absolute atomic E-state index is 0.172. The largest absolute Gasteiger partial charge is 0.497 e. The first-order chi connectivity index (χ1) is 19.5. The van der Waals surface area contributed by atoms with Crippen molar-refractivity contribution in [1.82, 2.24) is 4.90 Å². The van der Waals surface area contributed by atoms with E-state index >= 15 is 0 Å². The van der Waals surface area contributed by atoms with Crippen molar-refractivity contribution in [3.05, 3.63) is 29.8 Å². The number of likely N-dealkylation sites (tertiary alicyclic amines) is 1. The van der Waals surface area contributed by atoms with Gasteiger partial charge in [-0.05, 0) is 62.4 Å². The molecule has 0 aromatic heterocycles. The number of carbonyl (C=O) groups is 1. The number of esters is 1. The van der Waals surface area contributed by atoms with E-state index in [4.69, 9.17) is 18.9 Å². The van der Waals surface area contributed by atoms with Gasteiger partial charge in [-0.15, -0.1) is 0 Å². The highest BCUT2D eigenvalue weighted by Gasteiger charge is 2.90. The fourth-order valence-electron chi connectivity index (χ4n) is 11.4. The molecule has 5 saturated carbocycles. The van der Waals surface area contributed by atoms with E-state index in [9.17, 15) is 25.2 Å². The van der Waals surface area contributed by atoms with Gasteiger partial charge in [-0.1, -0.05) is 6.92 Å². The molecule has 12 atom stereocenters. The van der Waals surface area contributed by atoms with Gasteiger partial charge in [0, 0.05) is 55.9 Å². The van der Waals surface area contributed by atoms with Gasteiger partial charge < -0.3 is 39.4 Å². The maximum absolute atomic E-state index is 13.5. The Morgan fingerprint density at radius 3 is 2.29 bits per heavy atom. The first-order valence-electron chi connectivity index (χ1n) is 15.0. The number of carbonyl (C=O) groups excluding carboxylic acids is 1. The van der Waals surface area contributed by atoms with Gasteiger partial charge >= 0.3 is 5.97 Å².